The van der Waals surface area contributed by atoms with Crippen molar-refractivity contribution in [3.8, 4) is 0 Å². The Hall–Kier alpha value is -2.32. The molecule has 0 saturated heterocycles. The maximum absolute atomic E-state index is 12.1. The van der Waals surface area contributed by atoms with Gasteiger partial charge in [-0.2, -0.15) is 0 Å². The number of likely N-dealkylation sites (N-methyl/N-ethyl adjacent to an activating group) is 1. The van der Waals surface area contributed by atoms with E-state index in [1.807, 2.05) is 0 Å². The fraction of sp³-hybridized carbons (Fsp3) is 0.852. The van der Waals surface area contributed by atoms with Gasteiger partial charge < -0.3 is 25.0 Å². The summed E-state index contributed by atoms with van der Waals surface area (Å²) in [5.74, 6) is 1.06. The molecule has 9 nitrogen and oxygen atoms in total. The summed E-state index contributed by atoms with van der Waals surface area (Å²) in [7, 11) is 3.40. The highest BCUT2D eigenvalue weighted by molar-refractivity contribution is 5.86. The average Bonchev–Trinajstić information content (AvgIpc) is 2.62. The minimum atomic E-state index is -0.549. The highest BCUT2D eigenvalue weighted by Crippen LogP contribution is 2.31. The highest BCUT2D eigenvalue weighted by Gasteiger charge is 2.30. The van der Waals surface area contributed by atoms with E-state index >= 15 is 0 Å². The standard InChI is InChI=1S/C14H26N2O3.C13H23NO3/c1-14(2,3)19-13(18)15-11(12(17)16(4)5)9-10-7-6-8-10;1-9(15)11(8-10-6-5-7-10)14-12(16)17-13(2,3)4/h10-11H,6-9H2,1-5H3,(H,15,18);10-11H,5-8H2,1-4H3,(H,14,16). The van der Waals surface area contributed by atoms with Gasteiger partial charge >= 0.3 is 12.2 Å². The van der Waals surface area contributed by atoms with Crippen LogP contribution in [-0.4, -0.2) is 66.2 Å². The quantitative estimate of drug-likeness (QED) is 0.483. The van der Waals surface area contributed by atoms with Crippen molar-refractivity contribution in [2.75, 3.05) is 14.1 Å². The number of nitrogens with zero attached hydrogens (tertiary/aromatic N) is 1. The molecule has 2 aliphatic rings. The fourth-order valence-electron chi connectivity index (χ4n) is 3.88. The molecule has 0 aromatic heterocycles. The molecule has 0 spiro atoms. The van der Waals surface area contributed by atoms with Crippen molar-refractivity contribution < 1.29 is 28.7 Å². The van der Waals surface area contributed by atoms with Crippen LogP contribution >= 0.6 is 0 Å². The van der Waals surface area contributed by atoms with Gasteiger partial charge in [0.15, 0.2) is 5.78 Å². The summed E-state index contributed by atoms with van der Waals surface area (Å²) in [6.45, 7) is 12.4. The number of nitrogens with one attached hydrogen (secondary N) is 2. The maximum Gasteiger partial charge on any atom is 0.408 e. The molecule has 0 aliphatic heterocycles. The Morgan fingerprint density at radius 2 is 1.11 bits per heavy atom. The van der Waals surface area contributed by atoms with Crippen LogP contribution in [0.25, 0.3) is 0 Å². The van der Waals surface area contributed by atoms with Crippen molar-refractivity contribution in [2.45, 2.75) is 123 Å². The van der Waals surface area contributed by atoms with Gasteiger partial charge in [0.2, 0.25) is 5.91 Å². The predicted octanol–water partition coefficient (Wildman–Crippen LogP) is 4.82. The van der Waals surface area contributed by atoms with Crippen LogP contribution in [0.2, 0.25) is 0 Å². The van der Waals surface area contributed by atoms with Gasteiger partial charge in [-0.25, -0.2) is 9.59 Å². The van der Waals surface area contributed by atoms with Crippen LogP contribution in [0.3, 0.4) is 0 Å². The van der Waals surface area contributed by atoms with E-state index in [1.165, 1.54) is 37.5 Å². The molecule has 2 fully saturated rings. The highest BCUT2D eigenvalue weighted by atomic mass is 16.6. The predicted molar refractivity (Wildman–Crippen MR) is 140 cm³/mol. The van der Waals surface area contributed by atoms with E-state index in [2.05, 4.69) is 10.6 Å². The summed E-state index contributed by atoms with van der Waals surface area (Å²) < 4.78 is 10.4. The molecular weight excluding hydrogens is 462 g/mol. The Bertz CT molecular complexity index is 746. The molecule has 2 rings (SSSR count). The molecular formula is C27H49N3O6. The van der Waals surface area contributed by atoms with E-state index in [-0.39, 0.29) is 11.7 Å². The maximum atomic E-state index is 12.1. The normalized spacial score (nSPS) is 17.7. The average molecular weight is 512 g/mol. The Balaban J connectivity index is 0.000000362. The number of carbonyl (C=O) groups excluding carboxylic acids is 4. The molecule has 2 N–H and O–H groups in total. The Kier molecular flexibility index (Phi) is 12.2. The molecule has 2 saturated carbocycles. The first-order valence-corrected chi connectivity index (χ1v) is 13.2. The summed E-state index contributed by atoms with van der Waals surface area (Å²) >= 11 is 0. The number of hydrogen-bond donors (Lipinski definition) is 2. The lowest BCUT2D eigenvalue weighted by molar-refractivity contribution is -0.131. The van der Waals surface area contributed by atoms with Crippen molar-refractivity contribution in [3.63, 3.8) is 0 Å². The largest absolute Gasteiger partial charge is 0.444 e. The molecule has 9 heteroatoms. The molecule has 0 radical (unpaired) electrons. The van der Waals surface area contributed by atoms with Crippen molar-refractivity contribution in [3.05, 3.63) is 0 Å². The SMILES string of the molecule is CC(=O)C(CC1CCC1)NC(=O)OC(C)(C)C.CN(C)C(=O)C(CC1CCC1)NC(=O)OC(C)(C)C. The van der Waals surface area contributed by atoms with Crippen LogP contribution < -0.4 is 10.6 Å². The number of hydrogen-bond acceptors (Lipinski definition) is 6. The number of alkyl carbamates (subject to hydrolysis) is 2. The number of amides is 3. The third-order valence-electron chi connectivity index (χ3n) is 6.20. The van der Waals surface area contributed by atoms with E-state index in [9.17, 15) is 19.2 Å². The molecule has 2 atom stereocenters. The van der Waals surface area contributed by atoms with Gasteiger partial charge in [0.05, 0.1) is 6.04 Å². The number of ether oxygens (including phenoxy) is 2. The lowest BCUT2D eigenvalue weighted by Gasteiger charge is -2.31. The second-order valence-electron chi connectivity index (χ2n) is 12.3. The van der Waals surface area contributed by atoms with Crippen LogP contribution in [-0.2, 0) is 19.1 Å². The number of carbonyl (C=O) groups is 4. The summed E-state index contributed by atoms with van der Waals surface area (Å²) in [6.07, 6.45) is 7.51. The zero-order valence-corrected chi connectivity index (χ0v) is 23.9. The second kappa shape index (κ2) is 13.8. The zero-order valence-electron chi connectivity index (χ0n) is 23.9. The first-order chi connectivity index (χ1) is 16.5. The minimum absolute atomic E-state index is 0.00255. The van der Waals surface area contributed by atoms with E-state index in [4.69, 9.17) is 9.47 Å². The molecule has 208 valence electrons. The fourth-order valence-corrected chi connectivity index (χ4v) is 3.88. The van der Waals surface area contributed by atoms with Gasteiger partial charge in [0.1, 0.15) is 17.2 Å². The molecule has 3 amide bonds. The van der Waals surface area contributed by atoms with Crippen LogP contribution in [0.1, 0.15) is 99.8 Å². The van der Waals surface area contributed by atoms with Crippen LogP contribution in [0.5, 0.6) is 0 Å². The lowest BCUT2D eigenvalue weighted by atomic mass is 9.80. The number of Topliss-reactive ketones (excluding diaryl/α,β-unsaturated/α-hetero) is 1. The molecule has 2 unspecified atom stereocenters. The van der Waals surface area contributed by atoms with Gasteiger partial charge in [-0.3, -0.25) is 9.59 Å². The zero-order chi connectivity index (χ0) is 27.7. The summed E-state index contributed by atoms with van der Waals surface area (Å²) in [4.78, 5) is 48.4. The van der Waals surface area contributed by atoms with Crippen molar-refractivity contribution in [1.82, 2.24) is 15.5 Å². The van der Waals surface area contributed by atoms with Gasteiger partial charge in [0, 0.05) is 14.1 Å². The number of ketones is 1. The lowest BCUT2D eigenvalue weighted by Crippen LogP contribution is -2.49. The first-order valence-electron chi connectivity index (χ1n) is 13.2. The summed E-state index contributed by atoms with van der Waals surface area (Å²) in [5, 5.41) is 5.36. The first kappa shape index (κ1) is 31.7. The van der Waals surface area contributed by atoms with E-state index in [0.29, 0.717) is 18.3 Å². The van der Waals surface area contributed by atoms with Crippen molar-refractivity contribution in [2.24, 2.45) is 11.8 Å². The molecule has 36 heavy (non-hydrogen) atoms. The molecule has 0 heterocycles. The molecule has 0 bridgehead atoms. The van der Waals surface area contributed by atoms with Crippen molar-refractivity contribution in [1.29, 1.82) is 0 Å². The molecule has 0 aromatic carbocycles. The smallest absolute Gasteiger partial charge is 0.408 e. The Labute approximate surface area is 217 Å². The monoisotopic (exact) mass is 511 g/mol. The topological polar surface area (TPSA) is 114 Å². The van der Waals surface area contributed by atoms with Crippen LogP contribution in [0, 0.1) is 11.8 Å². The Morgan fingerprint density at radius 3 is 1.39 bits per heavy atom. The van der Waals surface area contributed by atoms with E-state index in [1.54, 1.807) is 55.6 Å². The number of rotatable bonds is 8. The summed E-state index contributed by atoms with van der Waals surface area (Å²) in [6, 6.07) is -0.870. The van der Waals surface area contributed by atoms with Gasteiger partial charge in [-0.15, -0.1) is 0 Å². The molecule has 2 aliphatic carbocycles. The van der Waals surface area contributed by atoms with Crippen molar-refractivity contribution >= 4 is 23.9 Å². The van der Waals surface area contributed by atoms with Crippen LogP contribution in [0.15, 0.2) is 0 Å². The minimum Gasteiger partial charge on any atom is -0.444 e. The molecule has 0 aromatic rings. The summed E-state index contributed by atoms with van der Waals surface area (Å²) in [5.41, 5.74) is -1.08. The van der Waals surface area contributed by atoms with Gasteiger partial charge in [0.25, 0.3) is 0 Å². The van der Waals surface area contributed by atoms with E-state index < -0.39 is 35.5 Å². The Morgan fingerprint density at radius 1 is 0.750 bits per heavy atom. The third-order valence-corrected chi connectivity index (χ3v) is 6.20. The second-order valence-corrected chi connectivity index (χ2v) is 12.3. The van der Waals surface area contributed by atoms with Gasteiger partial charge in [-0.1, -0.05) is 38.5 Å². The van der Waals surface area contributed by atoms with Crippen LogP contribution in [0.4, 0.5) is 9.59 Å². The van der Waals surface area contributed by atoms with E-state index in [0.717, 1.165) is 19.3 Å². The van der Waals surface area contributed by atoms with Gasteiger partial charge in [-0.05, 0) is 73.1 Å². The third kappa shape index (κ3) is 13.1.